The zero-order valence-corrected chi connectivity index (χ0v) is 18.1. The van der Waals surface area contributed by atoms with Crippen molar-refractivity contribution in [3.8, 4) is 0 Å². The lowest BCUT2D eigenvalue weighted by Gasteiger charge is -2.33. The standard InChI is InChI=1S/C19H39N5O5/c1-10(2)8-13-18(28)20-7-6-14(25)21-9-15(26)24-16(11(3)4)19(29)22-12(5)17(27)23-13/h10-13,15-18,20,23-24,26-28H,6-9H2,1-5H3,(H,21,25)(H,22,29)/t12?,13-,15?,16-,17?,18?/m0/s1. The minimum atomic E-state index is -1.10. The first-order valence-corrected chi connectivity index (χ1v) is 10.4. The molecule has 0 saturated carbocycles. The van der Waals surface area contributed by atoms with Crippen molar-refractivity contribution in [2.24, 2.45) is 11.8 Å². The molecule has 0 aliphatic carbocycles. The second kappa shape index (κ2) is 12.4. The van der Waals surface area contributed by atoms with E-state index in [4.69, 9.17) is 0 Å². The molecule has 8 N–H and O–H groups in total. The topological polar surface area (TPSA) is 155 Å². The number of rotatable bonds is 3. The van der Waals surface area contributed by atoms with E-state index in [0.717, 1.165) is 0 Å². The smallest absolute Gasteiger partial charge is 0.237 e. The molecular weight excluding hydrogens is 378 g/mol. The van der Waals surface area contributed by atoms with Gasteiger partial charge in [0.05, 0.1) is 18.6 Å². The fourth-order valence-corrected chi connectivity index (χ4v) is 3.16. The Bertz CT molecular complexity index is 519. The van der Waals surface area contributed by atoms with E-state index in [9.17, 15) is 24.9 Å². The molecule has 1 saturated heterocycles. The van der Waals surface area contributed by atoms with Crippen LogP contribution in [0.1, 0.15) is 47.5 Å². The molecule has 2 amide bonds. The normalized spacial score (nSPS) is 34.1. The number of carbonyl (C=O) groups excluding carboxylic acids is 2. The van der Waals surface area contributed by atoms with Crippen LogP contribution < -0.4 is 26.6 Å². The van der Waals surface area contributed by atoms with Crippen molar-refractivity contribution in [3.63, 3.8) is 0 Å². The van der Waals surface area contributed by atoms with Crippen molar-refractivity contribution in [2.45, 2.75) is 84.3 Å². The van der Waals surface area contributed by atoms with Gasteiger partial charge in [0, 0.05) is 19.0 Å². The summed E-state index contributed by atoms with van der Waals surface area (Å²) in [6.45, 7) is 9.53. The van der Waals surface area contributed by atoms with Gasteiger partial charge in [0.25, 0.3) is 0 Å². The van der Waals surface area contributed by atoms with Gasteiger partial charge in [-0.25, -0.2) is 0 Å². The monoisotopic (exact) mass is 417 g/mol. The summed E-state index contributed by atoms with van der Waals surface area (Å²) in [7, 11) is 0. The summed E-state index contributed by atoms with van der Waals surface area (Å²) in [5.41, 5.74) is 0. The zero-order chi connectivity index (χ0) is 22.1. The third kappa shape index (κ3) is 9.37. The van der Waals surface area contributed by atoms with Gasteiger partial charge in [0.2, 0.25) is 11.8 Å². The predicted molar refractivity (Wildman–Crippen MR) is 109 cm³/mol. The summed E-state index contributed by atoms with van der Waals surface area (Å²) in [4.78, 5) is 24.6. The lowest BCUT2D eigenvalue weighted by Crippen LogP contribution is -2.60. The van der Waals surface area contributed by atoms with Crippen LogP contribution in [0, 0.1) is 11.8 Å². The fraction of sp³-hybridized carbons (Fsp3) is 0.895. The molecule has 1 aliphatic rings. The van der Waals surface area contributed by atoms with Crippen LogP contribution in [0.25, 0.3) is 0 Å². The lowest BCUT2D eigenvalue weighted by atomic mass is 10.0. The van der Waals surface area contributed by atoms with Crippen molar-refractivity contribution < 1.29 is 24.9 Å². The summed E-state index contributed by atoms with van der Waals surface area (Å²) < 4.78 is 0. The average molecular weight is 418 g/mol. The molecule has 0 aromatic heterocycles. The van der Waals surface area contributed by atoms with Gasteiger partial charge >= 0.3 is 0 Å². The highest BCUT2D eigenvalue weighted by atomic mass is 16.3. The number of amides is 2. The van der Waals surface area contributed by atoms with Gasteiger partial charge in [-0.3, -0.25) is 25.5 Å². The average Bonchev–Trinajstić information content (AvgIpc) is 2.62. The van der Waals surface area contributed by atoms with E-state index in [1.165, 1.54) is 0 Å². The number of aliphatic hydroxyl groups is 3. The van der Waals surface area contributed by atoms with Gasteiger partial charge in [-0.1, -0.05) is 27.7 Å². The van der Waals surface area contributed by atoms with Gasteiger partial charge in [-0.15, -0.1) is 0 Å². The Labute approximate surface area is 173 Å². The highest BCUT2D eigenvalue weighted by Gasteiger charge is 2.30. The predicted octanol–water partition coefficient (Wildman–Crippen LogP) is -1.83. The maximum atomic E-state index is 12.7. The highest BCUT2D eigenvalue weighted by Crippen LogP contribution is 2.10. The Morgan fingerprint density at radius 3 is 2.28 bits per heavy atom. The highest BCUT2D eigenvalue weighted by molar-refractivity contribution is 5.82. The Morgan fingerprint density at radius 2 is 1.69 bits per heavy atom. The van der Waals surface area contributed by atoms with Gasteiger partial charge in [-0.2, -0.15) is 0 Å². The Kier molecular flexibility index (Phi) is 11.0. The lowest BCUT2D eigenvalue weighted by molar-refractivity contribution is -0.127. The minimum absolute atomic E-state index is 0.0480. The molecule has 0 spiro atoms. The second-order valence-electron chi connectivity index (χ2n) is 8.50. The second-order valence-corrected chi connectivity index (χ2v) is 8.50. The molecule has 1 fully saturated rings. The summed E-state index contributed by atoms with van der Waals surface area (Å²) >= 11 is 0. The van der Waals surface area contributed by atoms with Crippen LogP contribution in [0.4, 0.5) is 0 Å². The number of hydrogen-bond acceptors (Lipinski definition) is 8. The summed E-state index contributed by atoms with van der Waals surface area (Å²) in [6, 6.07) is -1.80. The maximum Gasteiger partial charge on any atom is 0.237 e. The van der Waals surface area contributed by atoms with Gasteiger partial charge in [0.15, 0.2) is 0 Å². The first-order chi connectivity index (χ1) is 13.5. The molecule has 1 heterocycles. The van der Waals surface area contributed by atoms with Crippen LogP contribution in [0.5, 0.6) is 0 Å². The van der Waals surface area contributed by atoms with E-state index < -0.39 is 36.8 Å². The van der Waals surface area contributed by atoms with Crippen molar-refractivity contribution in [3.05, 3.63) is 0 Å². The van der Waals surface area contributed by atoms with Crippen LogP contribution >= 0.6 is 0 Å². The number of carbonyl (C=O) groups is 2. The number of hydrogen-bond donors (Lipinski definition) is 8. The van der Waals surface area contributed by atoms with Gasteiger partial charge in [0.1, 0.15) is 18.7 Å². The van der Waals surface area contributed by atoms with E-state index in [-0.39, 0.29) is 43.2 Å². The van der Waals surface area contributed by atoms with Crippen LogP contribution in [-0.4, -0.2) is 77.0 Å². The molecule has 4 unspecified atom stereocenters. The Balaban J connectivity index is 2.97. The SMILES string of the molecule is CC(C)C[C@@H]1NC(O)C(C)NC(=O)[C@H](C(C)C)NC(O)CNC(=O)CCNC1O. The number of β-amino-alcohol motifs (C(OH)–C–C–N with tert-alkyl or cyclic N) is 1. The summed E-state index contributed by atoms with van der Waals surface area (Å²) in [5.74, 6) is -0.530. The van der Waals surface area contributed by atoms with E-state index in [1.54, 1.807) is 6.92 Å². The van der Waals surface area contributed by atoms with Crippen LogP contribution in [0.15, 0.2) is 0 Å². The van der Waals surface area contributed by atoms with Crippen molar-refractivity contribution in [1.82, 2.24) is 26.6 Å². The van der Waals surface area contributed by atoms with Crippen LogP contribution in [-0.2, 0) is 9.59 Å². The van der Waals surface area contributed by atoms with Crippen LogP contribution in [0.3, 0.4) is 0 Å². The first-order valence-electron chi connectivity index (χ1n) is 10.4. The molecule has 0 aromatic carbocycles. The third-order valence-electron chi connectivity index (χ3n) is 4.85. The number of nitrogens with one attached hydrogen (secondary N) is 5. The van der Waals surface area contributed by atoms with Gasteiger partial charge in [-0.05, 0) is 25.2 Å². The molecule has 0 aromatic rings. The number of aliphatic hydroxyl groups excluding tert-OH is 3. The molecule has 0 bridgehead atoms. The molecule has 6 atom stereocenters. The largest absolute Gasteiger partial charge is 0.377 e. The first kappa shape index (κ1) is 25.7. The van der Waals surface area contributed by atoms with E-state index in [2.05, 4.69) is 26.6 Å². The molecule has 10 nitrogen and oxygen atoms in total. The Hall–Kier alpha value is -1.30. The fourth-order valence-electron chi connectivity index (χ4n) is 3.16. The molecular formula is C19H39N5O5. The third-order valence-corrected chi connectivity index (χ3v) is 4.85. The Morgan fingerprint density at radius 1 is 1.03 bits per heavy atom. The molecule has 10 heteroatoms. The molecule has 29 heavy (non-hydrogen) atoms. The van der Waals surface area contributed by atoms with Crippen molar-refractivity contribution >= 4 is 11.8 Å². The maximum absolute atomic E-state index is 12.7. The molecule has 0 radical (unpaired) electrons. The molecule has 1 rings (SSSR count). The molecule has 170 valence electrons. The summed E-state index contributed by atoms with van der Waals surface area (Å²) in [6.07, 6.45) is -2.47. The van der Waals surface area contributed by atoms with Crippen molar-refractivity contribution in [2.75, 3.05) is 13.1 Å². The van der Waals surface area contributed by atoms with Crippen molar-refractivity contribution in [1.29, 1.82) is 0 Å². The molecule has 1 aliphatic heterocycles. The minimum Gasteiger partial charge on any atom is -0.377 e. The quantitative estimate of drug-likeness (QED) is 0.267. The van der Waals surface area contributed by atoms with Crippen LogP contribution in [0.2, 0.25) is 0 Å². The zero-order valence-electron chi connectivity index (χ0n) is 18.1. The van der Waals surface area contributed by atoms with Gasteiger partial charge < -0.3 is 26.0 Å². The summed E-state index contributed by atoms with van der Waals surface area (Å²) in [5, 5.41) is 45.2. The van der Waals surface area contributed by atoms with E-state index in [1.807, 2.05) is 27.7 Å². The van der Waals surface area contributed by atoms with E-state index >= 15 is 0 Å². The van der Waals surface area contributed by atoms with E-state index in [0.29, 0.717) is 6.42 Å².